The summed E-state index contributed by atoms with van der Waals surface area (Å²) < 4.78 is 55.2. The number of hydrazine groups is 1. The second-order valence-electron chi connectivity index (χ2n) is 6.61. The van der Waals surface area contributed by atoms with E-state index in [1.165, 1.54) is 12.1 Å². The first kappa shape index (κ1) is 16.7. The first-order valence-electron chi connectivity index (χ1n) is 7.42. The van der Waals surface area contributed by atoms with Gasteiger partial charge in [0, 0.05) is 6.54 Å². The quantitative estimate of drug-likeness (QED) is 0.840. The van der Waals surface area contributed by atoms with Crippen molar-refractivity contribution in [2.24, 2.45) is 5.41 Å². The van der Waals surface area contributed by atoms with Gasteiger partial charge in [0.2, 0.25) is 5.91 Å². The topological polar surface area (TPSA) is 32.3 Å². The molecule has 1 fully saturated rings. The molecule has 0 saturated carbocycles. The van der Waals surface area contributed by atoms with E-state index >= 15 is 0 Å². The maximum absolute atomic E-state index is 13.9. The second-order valence-corrected chi connectivity index (χ2v) is 6.61. The fourth-order valence-corrected chi connectivity index (χ4v) is 3.02. The highest BCUT2D eigenvalue weighted by Gasteiger charge is 2.51. The maximum atomic E-state index is 13.9. The summed E-state index contributed by atoms with van der Waals surface area (Å²) in [6.45, 7) is 3.01. The SMILES string of the molecule is CC1(C)CN([C@@H](c2cc(F)cc3ccccc23)C(F)(F)F)NC1=O. The van der Waals surface area contributed by atoms with Crippen LogP contribution in [0, 0.1) is 11.2 Å². The van der Waals surface area contributed by atoms with E-state index in [4.69, 9.17) is 0 Å². The monoisotopic (exact) mass is 340 g/mol. The number of hydrogen-bond donors (Lipinski definition) is 1. The zero-order valence-corrected chi connectivity index (χ0v) is 13.1. The van der Waals surface area contributed by atoms with Crippen LogP contribution in [0.25, 0.3) is 10.8 Å². The summed E-state index contributed by atoms with van der Waals surface area (Å²) >= 11 is 0. The molecule has 0 unspecified atom stereocenters. The number of nitrogens with zero attached hydrogens (tertiary/aromatic N) is 1. The minimum atomic E-state index is -4.68. The van der Waals surface area contributed by atoms with Crippen LogP contribution in [-0.2, 0) is 4.79 Å². The summed E-state index contributed by atoms with van der Waals surface area (Å²) in [5.74, 6) is -1.24. The van der Waals surface area contributed by atoms with Gasteiger partial charge < -0.3 is 0 Å². The molecule has 0 bridgehead atoms. The minimum Gasteiger partial charge on any atom is -0.287 e. The van der Waals surface area contributed by atoms with E-state index in [9.17, 15) is 22.4 Å². The van der Waals surface area contributed by atoms with E-state index in [1.54, 1.807) is 32.0 Å². The minimum absolute atomic E-state index is 0.124. The zero-order valence-electron chi connectivity index (χ0n) is 13.1. The van der Waals surface area contributed by atoms with E-state index in [-0.39, 0.29) is 12.1 Å². The predicted octanol–water partition coefficient (Wildman–Crippen LogP) is 3.96. The van der Waals surface area contributed by atoms with E-state index in [0.29, 0.717) is 10.8 Å². The van der Waals surface area contributed by atoms with Gasteiger partial charge in [-0.2, -0.15) is 13.2 Å². The van der Waals surface area contributed by atoms with E-state index in [2.05, 4.69) is 5.43 Å². The summed E-state index contributed by atoms with van der Waals surface area (Å²) in [5, 5.41) is 1.54. The highest BCUT2D eigenvalue weighted by atomic mass is 19.4. The van der Waals surface area contributed by atoms with E-state index in [1.807, 2.05) is 0 Å². The molecular weight excluding hydrogens is 324 g/mol. The van der Waals surface area contributed by atoms with Crippen molar-refractivity contribution in [3.63, 3.8) is 0 Å². The number of carbonyl (C=O) groups excluding carboxylic acids is 1. The lowest BCUT2D eigenvalue weighted by atomic mass is 9.93. The molecule has 0 aliphatic carbocycles. The van der Waals surface area contributed by atoms with Crippen LogP contribution < -0.4 is 5.43 Å². The molecule has 7 heteroatoms. The molecule has 2 aromatic rings. The lowest BCUT2D eigenvalue weighted by molar-refractivity contribution is -0.191. The Bertz CT molecular complexity index is 801. The van der Waals surface area contributed by atoms with Gasteiger partial charge in [0.1, 0.15) is 5.82 Å². The fraction of sp³-hybridized carbons (Fsp3) is 0.353. The van der Waals surface area contributed by atoms with Crippen LogP contribution in [0.1, 0.15) is 25.5 Å². The molecule has 1 N–H and O–H groups in total. The van der Waals surface area contributed by atoms with Gasteiger partial charge in [-0.1, -0.05) is 24.3 Å². The Morgan fingerprint density at radius 2 is 1.88 bits per heavy atom. The first-order valence-corrected chi connectivity index (χ1v) is 7.42. The van der Waals surface area contributed by atoms with Crippen molar-refractivity contribution in [1.29, 1.82) is 0 Å². The Labute approximate surface area is 136 Å². The molecule has 0 spiro atoms. The highest BCUT2D eigenvalue weighted by molar-refractivity contribution is 5.87. The van der Waals surface area contributed by atoms with E-state index in [0.717, 1.165) is 11.1 Å². The zero-order chi connectivity index (χ0) is 17.7. The number of hydrogen-bond acceptors (Lipinski definition) is 2. The molecule has 3 rings (SSSR count). The summed E-state index contributed by atoms with van der Waals surface area (Å²) in [6.07, 6.45) is -4.68. The number of halogens is 4. The normalized spacial score (nSPS) is 19.5. The van der Waals surface area contributed by atoms with Crippen LogP contribution >= 0.6 is 0 Å². The number of benzene rings is 2. The number of fused-ring (bicyclic) bond motifs is 1. The van der Waals surface area contributed by atoms with Gasteiger partial charge in [-0.3, -0.25) is 10.2 Å². The number of nitrogens with one attached hydrogen (secondary N) is 1. The molecular formula is C17H16F4N2O. The van der Waals surface area contributed by atoms with Gasteiger partial charge in [0.05, 0.1) is 5.41 Å². The van der Waals surface area contributed by atoms with Gasteiger partial charge >= 0.3 is 6.18 Å². The molecule has 2 aromatic carbocycles. The molecule has 0 aromatic heterocycles. The second kappa shape index (κ2) is 5.44. The Hall–Kier alpha value is -2.15. The van der Waals surface area contributed by atoms with Crippen LogP contribution in [0.3, 0.4) is 0 Å². The van der Waals surface area contributed by atoms with Gasteiger partial charge in [0.25, 0.3) is 0 Å². The van der Waals surface area contributed by atoms with Crippen molar-refractivity contribution < 1.29 is 22.4 Å². The molecule has 1 aliphatic rings. The lowest BCUT2D eigenvalue weighted by Crippen LogP contribution is -2.43. The van der Waals surface area contributed by atoms with Gasteiger partial charge in [-0.15, -0.1) is 0 Å². The summed E-state index contributed by atoms with van der Waals surface area (Å²) in [7, 11) is 0. The molecule has 1 saturated heterocycles. The Balaban J connectivity index is 2.17. The molecule has 24 heavy (non-hydrogen) atoms. The van der Waals surface area contributed by atoms with E-state index < -0.39 is 29.4 Å². The molecule has 1 amide bonds. The highest BCUT2D eigenvalue weighted by Crippen LogP contribution is 2.42. The van der Waals surface area contributed by atoms with Crippen molar-refractivity contribution >= 4 is 16.7 Å². The van der Waals surface area contributed by atoms with Crippen LogP contribution in [0.15, 0.2) is 36.4 Å². The molecule has 1 atom stereocenters. The summed E-state index contributed by atoms with van der Waals surface area (Å²) in [5.41, 5.74) is 1.12. The lowest BCUT2D eigenvalue weighted by Gasteiger charge is -2.30. The summed E-state index contributed by atoms with van der Waals surface area (Å²) in [4.78, 5) is 11.9. The van der Waals surface area contributed by atoms with Gasteiger partial charge in [-0.25, -0.2) is 9.40 Å². The molecule has 1 heterocycles. The number of carbonyl (C=O) groups is 1. The van der Waals surface area contributed by atoms with Crippen LogP contribution in [0.5, 0.6) is 0 Å². The average molecular weight is 340 g/mol. The number of alkyl halides is 3. The third-order valence-electron chi connectivity index (χ3n) is 4.20. The third kappa shape index (κ3) is 2.84. The molecule has 3 nitrogen and oxygen atoms in total. The number of amides is 1. The summed E-state index contributed by atoms with van der Waals surface area (Å²) in [6, 6.07) is 6.27. The van der Waals surface area contributed by atoms with Crippen molar-refractivity contribution in [2.75, 3.05) is 6.54 Å². The van der Waals surface area contributed by atoms with Crippen molar-refractivity contribution in [2.45, 2.75) is 26.1 Å². The Morgan fingerprint density at radius 1 is 1.21 bits per heavy atom. The molecule has 0 radical (unpaired) electrons. The first-order chi connectivity index (χ1) is 11.1. The third-order valence-corrected chi connectivity index (χ3v) is 4.20. The van der Waals surface area contributed by atoms with Crippen LogP contribution in [-0.4, -0.2) is 23.6 Å². The van der Waals surface area contributed by atoms with Crippen molar-refractivity contribution in [3.05, 3.63) is 47.8 Å². The standard InChI is InChI=1S/C17H16F4N2O/c1-16(2)9-23(22-15(16)24)14(17(19,20)21)13-8-11(18)7-10-5-3-4-6-12(10)13/h3-8,14H,9H2,1-2H3,(H,22,24)/t14-/m0/s1. The predicted molar refractivity (Wildman–Crippen MR) is 81.3 cm³/mol. The average Bonchev–Trinajstić information content (AvgIpc) is 2.70. The fourth-order valence-electron chi connectivity index (χ4n) is 3.02. The maximum Gasteiger partial charge on any atom is 0.409 e. The van der Waals surface area contributed by atoms with Gasteiger partial charge in [-0.05, 0) is 42.3 Å². The number of rotatable bonds is 2. The largest absolute Gasteiger partial charge is 0.409 e. The van der Waals surface area contributed by atoms with Crippen molar-refractivity contribution in [1.82, 2.24) is 10.4 Å². The van der Waals surface area contributed by atoms with Crippen LogP contribution in [0.2, 0.25) is 0 Å². The molecule has 128 valence electrons. The van der Waals surface area contributed by atoms with Crippen molar-refractivity contribution in [3.8, 4) is 0 Å². The van der Waals surface area contributed by atoms with Crippen LogP contribution in [0.4, 0.5) is 17.6 Å². The Morgan fingerprint density at radius 3 is 2.46 bits per heavy atom. The molecule has 1 aliphatic heterocycles. The smallest absolute Gasteiger partial charge is 0.287 e. The Kier molecular flexibility index (Phi) is 3.79. The van der Waals surface area contributed by atoms with Gasteiger partial charge in [0.15, 0.2) is 6.04 Å².